The van der Waals surface area contributed by atoms with Gasteiger partial charge in [0.1, 0.15) is 17.9 Å². The van der Waals surface area contributed by atoms with Gasteiger partial charge in [-0.2, -0.15) is 0 Å². The SMILES string of the molecule is Cc1cc2ncnc(Nc3cccc(Br)c3)c2cc1OCC(C)C. The Hall–Kier alpha value is -2.14. The lowest BCUT2D eigenvalue weighted by atomic mass is 10.1. The molecule has 0 saturated heterocycles. The summed E-state index contributed by atoms with van der Waals surface area (Å²) in [6, 6.07) is 12.1. The van der Waals surface area contributed by atoms with Crippen LogP contribution in [0.15, 0.2) is 47.2 Å². The van der Waals surface area contributed by atoms with E-state index >= 15 is 0 Å². The molecular formula is C19H20BrN3O. The van der Waals surface area contributed by atoms with Gasteiger partial charge in [-0.25, -0.2) is 9.97 Å². The Morgan fingerprint density at radius 1 is 1.17 bits per heavy atom. The molecule has 0 bridgehead atoms. The highest BCUT2D eigenvalue weighted by atomic mass is 79.9. The van der Waals surface area contributed by atoms with Gasteiger partial charge in [0, 0.05) is 15.5 Å². The van der Waals surface area contributed by atoms with Crippen molar-refractivity contribution >= 4 is 38.3 Å². The normalized spacial score (nSPS) is 11.0. The van der Waals surface area contributed by atoms with Gasteiger partial charge in [0.05, 0.1) is 12.1 Å². The third-order valence-electron chi connectivity index (χ3n) is 3.59. The molecular weight excluding hydrogens is 366 g/mol. The number of fused-ring (bicyclic) bond motifs is 1. The van der Waals surface area contributed by atoms with Crippen molar-refractivity contribution in [1.82, 2.24) is 9.97 Å². The topological polar surface area (TPSA) is 47.0 Å². The van der Waals surface area contributed by atoms with Crippen LogP contribution in [0.1, 0.15) is 19.4 Å². The van der Waals surface area contributed by atoms with Crippen LogP contribution < -0.4 is 10.1 Å². The first-order valence-electron chi connectivity index (χ1n) is 7.93. The zero-order valence-electron chi connectivity index (χ0n) is 14.0. The number of hydrogen-bond donors (Lipinski definition) is 1. The van der Waals surface area contributed by atoms with E-state index in [1.165, 1.54) is 0 Å². The molecule has 1 N–H and O–H groups in total. The van der Waals surface area contributed by atoms with Crippen LogP contribution >= 0.6 is 15.9 Å². The van der Waals surface area contributed by atoms with Crippen LogP contribution in [0.2, 0.25) is 0 Å². The predicted molar refractivity (Wildman–Crippen MR) is 102 cm³/mol. The van der Waals surface area contributed by atoms with Gasteiger partial charge in [0.15, 0.2) is 0 Å². The minimum absolute atomic E-state index is 0.478. The molecule has 3 aromatic rings. The van der Waals surface area contributed by atoms with Crippen LogP contribution in [-0.2, 0) is 0 Å². The van der Waals surface area contributed by atoms with Crippen molar-refractivity contribution < 1.29 is 4.74 Å². The van der Waals surface area contributed by atoms with E-state index in [0.29, 0.717) is 12.5 Å². The third kappa shape index (κ3) is 3.85. The number of anilines is 2. The highest BCUT2D eigenvalue weighted by Gasteiger charge is 2.10. The minimum Gasteiger partial charge on any atom is -0.493 e. The molecule has 4 nitrogen and oxygen atoms in total. The molecule has 0 radical (unpaired) electrons. The Bertz CT molecular complexity index is 864. The van der Waals surface area contributed by atoms with E-state index in [1.54, 1.807) is 6.33 Å². The van der Waals surface area contributed by atoms with E-state index in [0.717, 1.165) is 38.2 Å². The van der Waals surface area contributed by atoms with Gasteiger partial charge in [0.25, 0.3) is 0 Å². The summed E-state index contributed by atoms with van der Waals surface area (Å²) in [7, 11) is 0. The molecule has 0 saturated carbocycles. The monoisotopic (exact) mass is 385 g/mol. The molecule has 0 unspecified atom stereocenters. The zero-order valence-corrected chi connectivity index (χ0v) is 15.6. The first-order chi connectivity index (χ1) is 11.5. The maximum Gasteiger partial charge on any atom is 0.141 e. The molecule has 0 spiro atoms. The van der Waals surface area contributed by atoms with Gasteiger partial charge in [-0.15, -0.1) is 0 Å². The highest BCUT2D eigenvalue weighted by molar-refractivity contribution is 9.10. The van der Waals surface area contributed by atoms with E-state index < -0.39 is 0 Å². The Balaban J connectivity index is 1.99. The van der Waals surface area contributed by atoms with Crippen molar-refractivity contribution in [2.75, 3.05) is 11.9 Å². The largest absolute Gasteiger partial charge is 0.493 e. The van der Waals surface area contributed by atoms with Crippen LogP contribution in [0.4, 0.5) is 11.5 Å². The number of rotatable bonds is 5. The van der Waals surface area contributed by atoms with Crippen molar-refractivity contribution in [2.45, 2.75) is 20.8 Å². The Labute approximate surface area is 150 Å². The highest BCUT2D eigenvalue weighted by Crippen LogP contribution is 2.30. The fourth-order valence-corrected chi connectivity index (χ4v) is 2.80. The summed E-state index contributed by atoms with van der Waals surface area (Å²) in [5, 5.41) is 4.31. The number of nitrogens with zero attached hydrogens (tertiary/aromatic N) is 2. The van der Waals surface area contributed by atoms with Crippen molar-refractivity contribution in [3.05, 3.63) is 52.8 Å². The van der Waals surface area contributed by atoms with Crippen molar-refractivity contribution in [3.8, 4) is 5.75 Å². The van der Waals surface area contributed by atoms with Crippen LogP contribution in [-0.4, -0.2) is 16.6 Å². The quantitative estimate of drug-likeness (QED) is 0.631. The summed E-state index contributed by atoms with van der Waals surface area (Å²) in [5.41, 5.74) is 2.95. The number of halogens is 1. The first-order valence-corrected chi connectivity index (χ1v) is 8.73. The third-order valence-corrected chi connectivity index (χ3v) is 4.08. The van der Waals surface area contributed by atoms with Gasteiger partial charge < -0.3 is 10.1 Å². The molecule has 3 rings (SSSR count). The minimum atomic E-state index is 0.478. The number of aromatic nitrogens is 2. The molecule has 24 heavy (non-hydrogen) atoms. The van der Waals surface area contributed by atoms with Crippen molar-refractivity contribution in [1.29, 1.82) is 0 Å². The lowest BCUT2D eigenvalue weighted by Gasteiger charge is -2.14. The summed E-state index contributed by atoms with van der Waals surface area (Å²) in [6.07, 6.45) is 1.58. The molecule has 2 aromatic carbocycles. The van der Waals surface area contributed by atoms with Crippen LogP contribution in [0.25, 0.3) is 10.9 Å². The zero-order chi connectivity index (χ0) is 17.1. The molecule has 0 atom stereocenters. The maximum atomic E-state index is 5.94. The first kappa shape index (κ1) is 16.7. The fourth-order valence-electron chi connectivity index (χ4n) is 2.40. The van der Waals surface area contributed by atoms with Gasteiger partial charge in [-0.05, 0) is 48.7 Å². The summed E-state index contributed by atoms with van der Waals surface area (Å²) >= 11 is 3.49. The van der Waals surface area contributed by atoms with Gasteiger partial charge in [-0.3, -0.25) is 0 Å². The smallest absolute Gasteiger partial charge is 0.141 e. The molecule has 0 aliphatic carbocycles. The summed E-state index contributed by atoms with van der Waals surface area (Å²) in [4.78, 5) is 8.79. The maximum absolute atomic E-state index is 5.94. The van der Waals surface area contributed by atoms with Crippen LogP contribution in [0.5, 0.6) is 5.75 Å². The van der Waals surface area contributed by atoms with Gasteiger partial charge in [0.2, 0.25) is 0 Å². The molecule has 0 amide bonds. The Morgan fingerprint density at radius 3 is 2.75 bits per heavy atom. The number of ether oxygens (including phenoxy) is 1. The Kier molecular flexibility index (Phi) is 5.00. The number of aryl methyl sites for hydroxylation is 1. The fraction of sp³-hybridized carbons (Fsp3) is 0.263. The summed E-state index contributed by atoms with van der Waals surface area (Å²) < 4.78 is 6.96. The van der Waals surface area contributed by atoms with Crippen molar-refractivity contribution in [2.24, 2.45) is 5.92 Å². The molecule has 1 aromatic heterocycles. The van der Waals surface area contributed by atoms with E-state index in [-0.39, 0.29) is 0 Å². The van der Waals surface area contributed by atoms with E-state index in [2.05, 4.69) is 45.1 Å². The second-order valence-corrected chi connectivity index (χ2v) is 7.11. The van der Waals surface area contributed by atoms with Gasteiger partial charge >= 0.3 is 0 Å². The predicted octanol–water partition coefficient (Wildman–Crippen LogP) is 5.48. The molecule has 1 heterocycles. The number of hydrogen-bond acceptors (Lipinski definition) is 4. The average molecular weight is 386 g/mol. The van der Waals surface area contributed by atoms with Crippen molar-refractivity contribution in [3.63, 3.8) is 0 Å². The van der Waals surface area contributed by atoms with Crippen LogP contribution in [0, 0.1) is 12.8 Å². The van der Waals surface area contributed by atoms with Gasteiger partial charge in [-0.1, -0.05) is 35.8 Å². The number of benzene rings is 2. The molecule has 0 aliphatic heterocycles. The second-order valence-electron chi connectivity index (χ2n) is 6.20. The summed E-state index contributed by atoms with van der Waals surface area (Å²) in [6.45, 7) is 7.01. The molecule has 5 heteroatoms. The van der Waals surface area contributed by atoms with E-state index in [9.17, 15) is 0 Å². The standard InChI is InChI=1S/C19H20BrN3O/c1-12(2)10-24-18-9-16-17(7-13(18)3)21-11-22-19(16)23-15-6-4-5-14(20)8-15/h4-9,11-12H,10H2,1-3H3,(H,21,22,23). The van der Waals surface area contributed by atoms with E-state index in [1.807, 2.05) is 43.3 Å². The summed E-state index contributed by atoms with van der Waals surface area (Å²) in [5.74, 6) is 2.13. The molecule has 0 aliphatic rings. The molecule has 124 valence electrons. The lowest BCUT2D eigenvalue weighted by Crippen LogP contribution is -2.06. The second kappa shape index (κ2) is 7.18. The lowest BCUT2D eigenvalue weighted by molar-refractivity contribution is 0.270. The Morgan fingerprint density at radius 2 is 2.00 bits per heavy atom. The number of nitrogens with one attached hydrogen (secondary N) is 1. The van der Waals surface area contributed by atoms with Crippen LogP contribution in [0.3, 0.4) is 0 Å². The average Bonchev–Trinajstić information content (AvgIpc) is 2.53. The molecule has 0 fully saturated rings. The van der Waals surface area contributed by atoms with E-state index in [4.69, 9.17) is 4.74 Å².